The molecule has 0 unspecified atom stereocenters. The standard InChI is InChI=1S/C19H24N4O/c20-16-10-15(11-16)19(24)22-9-7-18-17(12-22)21-13-23(18)8-6-14-4-2-1-3-5-14/h1-5,13,15-16H,6-12,20H2. The minimum atomic E-state index is 0.140. The van der Waals surface area contributed by atoms with Crippen molar-refractivity contribution in [2.75, 3.05) is 6.54 Å². The van der Waals surface area contributed by atoms with Crippen LogP contribution in [-0.2, 0) is 30.7 Å². The van der Waals surface area contributed by atoms with Gasteiger partial charge in [-0.2, -0.15) is 0 Å². The van der Waals surface area contributed by atoms with Crippen LogP contribution in [0.25, 0.3) is 0 Å². The maximum atomic E-state index is 12.5. The van der Waals surface area contributed by atoms with Crippen molar-refractivity contribution >= 4 is 5.91 Å². The number of nitrogens with two attached hydrogens (primary N) is 1. The topological polar surface area (TPSA) is 64.2 Å². The first-order chi connectivity index (χ1) is 11.7. The first-order valence-corrected chi connectivity index (χ1v) is 8.82. The predicted molar refractivity (Wildman–Crippen MR) is 92.2 cm³/mol. The fourth-order valence-electron chi connectivity index (χ4n) is 3.77. The van der Waals surface area contributed by atoms with Gasteiger partial charge in [-0.1, -0.05) is 30.3 Å². The van der Waals surface area contributed by atoms with E-state index in [1.54, 1.807) is 0 Å². The molecule has 0 bridgehead atoms. The molecule has 2 N–H and O–H groups in total. The summed E-state index contributed by atoms with van der Waals surface area (Å²) in [6.07, 6.45) is 5.52. The SMILES string of the molecule is NC1CC(C(=O)N2CCc3c(ncn3CCc3ccccc3)C2)C1. The molecule has 1 amide bonds. The Hall–Kier alpha value is -2.14. The molecule has 24 heavy (non-hydrogen) atoms. The Morgan fingerprint density at radius 2 is 2.04 bits per heavy atom. The zero-order valence-electron chi connectivity index (χ0n) is 13.9. The third kappa shape index (κ3) is 2.96. The van der Waals surface area contributed by atoms with Crippen LogP contribution < -0.4 is 5.73 Å². The van der Waals surface area contributed by atoms with Gasteiger partial charge in [-0.3, -0.25) is 4.79 Å². The summed E-state index contributed by atoms with van der Waals surface area (Å²) in [5.74, 6) is 0.405. The molecule has 1 aliphatic carbocycles. The zero-order valence-corrected chi connectivity index (χ0v) is 13.9. The number of fused-ring (bicyclic) bond motifs is 1. The number of rotatable bonds is 4. The highest BCUT2D eigenvalue weighted by Crippen LogP contribution is 2.29. The highest BCUT2D eigenvalue weighted by Gasteiger charge is 2.36. The number of nitrogens with zero attached hydrogens (tertiary/aromatic N) is 3. The summed E-state index contributed by atoms with van der Waals surface area (Å²) >= 11 is 0. The lowest BCUT2D eigenvalue weighted by molar-refractivity contribution is -0.139. The summed E-state index contributed by atoms with van der Waals surface area (Å²) < 4.78 is 2.25. The zero-order chi connectivity index (χ0) is 16.5. The Labute approximate surface area is 142 Å². The van der Waals surface area contributed by atoms with E-state index >= 15 is 0 Å². The second kappa shape index (κ2) is 6.40. The van der Waals surface area contributed by atoms with Crippen LogP contribution in [0.4, 0.5) is 0 Å². The van der Waals surface area contributed by atoms with E-state index in [9.17, 15) is 4.79 Å². The van der Waals surface area contributed by atoms with E-state index < -0.39 is 0 Å². The molecule has 5 heteroatoms. The molecule has 126 valence electrons. The molecule has 1 saturated carbocycles. The molecule has 0 saturated heterocycles. The molecule has 1 aromatic heterocycles. The van der Waals surface area contributed by atoms with E-state index in [0.29, 0.717) is 6.54 Å². The maximum absolute atomic E-state index is 12.5. The highest BCUT2D eigenvalue weighted by molar-refractivity contribution is 5.80. The molecule has 1 aliphatic heterocycles. The first kappa shape index (κ1) is 15.4. The monoisotopic (exact) mass is 324 g/mol. The summed E-state index contributed by atoms with van der Waals surface area (Å²) in [6.45, 7) is 2.39. The van der Waals surface area contributed by atoms with E-state index in [0.717, 1.165) is 44.5 Å². The number of hydrogen-bond donors (Lipinski definition) is 1. The molecule has 0 radical (unpaired) electrons. The second-order valence-electron chi connectivity index (χ2n) is 7.01. The van der Waals surface area contributed by atoms with Crippen LogP contribution in [0.15, 0.2) is 36.7 Å². The van der Waals surface area contributed by atoms with Crippen LogP contribution >= 0.6 is 0 Å². The van der Waals surface area contributed by atoms with E-state index in [4.69, 9.17) is 5.73 Å². The Kier molecular flexibility index (Phi) is 4.10. The average Bonchev–Trinajstić information content (AvgIpc) is 3.00. The second-order valence-corrected chi connectivity index (χ2v) is 7.01. The Balaban J connectivity index is 1.39. The number of imidazole rings is 1. The van der Waals surface area contributed by atoms with E-state index in [1.165, 1.54) is 11.3 Å². The van der Waals surface area contributed by atoms with Gasteiger partial charge in [-0.05, 0) is 24.8 Å². The molecule has 5 nitrogen and oxygen atoms in total. The number of aromatic nitrogens is 2. The highest BCUT2D eigenvalue weighted by atomic mass is 16.2. The molecular formula is C19H24N4O. The van der Waals surface area contributed by atoms with Gasteiger partial charge in [0.1, 0.15) is 0 Å². The van der Waals surface area contributed by atoms with Crippen LogP contribution in [0.2, 0.25) is 0 Å². The van der Waals surface area contributed by atoms with Crippen LogP contribution in [0.3, 0.4) is 0 Å². The molecule has 2 aliphatic rings. The lowest BCUT2D eigenvalue weighted by atomic mass is 9.80. The van der Waals surface area contributed by atoms with Crippen LogP contribution in [0.1, 0.15) is 29.8 Å². The van der Waals surface area contributed by atoms with Gasteiger partial charge in [0.15, 0.2) is 0 Å². The van der Waals surface area contributed by atoms with E-state index in [-0.39, 0.29) is 17.9 Å². The molecule has 4 rings (SSSR count). The average molecular weight is 324 g/mol. The normalized spacial score (nSPS) is 22.8. The summed E-state index contributed by atoms with van der Waals surface area (Å²) in [4.78, 5) is 19.0. The molecule has 0 atom stereocenters. The number of carbonyl (C=O) groups is 1. The number of benzene rings is 1. The molecule has 2 heterocycles. The number of hydrogen-bond acceptors (Lipinski definition) is 3. The lowest BCUT2D eigenvalue weighted by Crippen LogP contribution is -2.48. The summed E-state index contributed by atoms with van der Waals surface area (Å²) in [5, 5.41) is 0. The largest absolute Gasteiger partial charge is 0.336 e. The van der Waals surface area contributed by atoms with Crippen molar-refractivity contribution in [3.63, 3.8) is 0 Å². The third-order valence-electron chi connectivity index (χ3n) is 5.31. The summed E-state index contributed by atoms with van der Waals surface area (Å²) in [6, 6.07) is 10.7. The van der Waals surface area contributed by atoms with Crippen molar-refractivity contribution in [2.24, 2.45) is 11.7 Å². The van der Waals surface area contributed by atoms with Crippen LogP contribution in [0, 0.1) is 5.92 Å². The third-order valence-corrected chi connectivity index (χ3v) is 5.31. The fourth-order valence-corrected chi connectivity index (χ4v) is 3.77. The van der Waals surface area contributed by atoms with Gasteiger partial charge in [0.05, 0.1) is 18.6 Å². The van der Waals surface area contributed by atoms with Gasteiger partial charge in [-0.15, -0.1) is 0 Å². The fraction of sp³-hybridized carbons (Fsp3) is 0.474. The molecule has 1 fully saturated rings. The van der Waals surface area contributed by atoms with Gasteiger partial charge < -0.3 is 15.2 Å². The van der Waals surface area contributed by atoms with Crippen molar-refractivity contribution in [1.29, 1.82) is 0 Å². The molecule has 2 aromatic rings. The van der Waals surface area contributed by atoms with Gasteiger partial charge in [-0.25, -0.2) is 4.98 Å². The van der Waals surface area contributed by atoms with Gasteiger partial charge in [0, 0.05) is 37.2 Å². The van der Waals surface area contributed by atoms with Crippen LogP contribution in [-0.4, -0.2) is 32.9 Å². The molecular weight excluding hydrogens is 300 g/mol. The Morgan fingerprint density at radius 3 is 2.79 bits per heavy atom. The summed E-state index contributed by atoms with van der Waals surface area (Å²) in [5.41, 5.74) is 9.51. The van der Waals surface area contributed by atoms with Crippen molar-refractivity contribution in [3.8, 4) is 0 Å². The van der Waals surface area contributed by atoms with Crippen molar-refractivity contribution < 1.29 is 4.79 Å². The Bertz CT molecular complexity index is 718. The lowest BCUT2D eigenvalue weighted by Gasteiger charge is -2.37. The quantitative estimate of drug-likeness (QED) is 0.932. The van der Waals surface area contributed by atoms with Gasteiger partial charge in [0.25, 0.3) is 0 Å². The first-order valence-electron chi connectivity index (χ1n) is 8.82. The number of aryl methyl sites for hydroxylation is 2. The smallest absolute Gasteiger partial charge is 0.226 e. The minimum absolute atomic E-state index is 0.140. The van der Waals surface area contributed by atoms with E-state index in [1.807, 2.05) is 17.3 Å². The van der Waals surface area contributed by atoms with Gasteiger partial charge >= 0.3 is 0 Å². The van der Waals surface area contributed by atoms with Crippen molar-refractivity contribution in [1.82, 2.24) is 14.5 Å². The summed E-state index contributed by atoms with van der Waals surface area (Å²) in [7, 11) is 0. The van der Waals surface area contributed by atoms with Crippen molar-refractivity contribution in [3.05, 3.63) is 53.6 Å². The number of amides is 1. The van der Waals surface area contributed by atoms with E-state index in [2.05, 4.69) is 33.8 Å². The Morgan fingerprint density at radius 1 is 1.25 bits per heavy atom. The predicted octanol–water partition coefficient (Wildman–Crippen LogP) is 1.75. The van der Waals surface area contributed by atoms with Gasteiger partial charge in [0.2, 0.25) is 5.91 Å². The molecule has 0 spiro atoms. The van der Waals surface area contributed by atoms with Crippen LogP contribution in [0.5, 0.6) is 0 Å². The maximum Gasteiger partial charge on any atom is 0.226 e. The number of carbonyl (C=O) groups excluding carboxylic acids is 1. The molecule has 1 aromatic carbocycles. The van der Waals surface area contributed by atoms with Crippen molar-refractivity contribution in [2.45, 2.75) is 44.8 Å². The minimum Gasteiger partial charge on any atom is -0.336 e.